The van der Waals surface area contributed by atoms with Gasteiger partial charge >= 0.3 is 5.97 Å². The van der Waals surface area contributed by atoms with Crippen LogP contribution in [-0.4, -0.2) is 49.8 Å². The number of carboxylic acid groups (broad SMARTS) is 1. The van der Waals surface area contributed by atoms with Crippen molar-refractivity contribution in [1.29, 1.82) is 0 Å². The quantitative estimate of drug-likeness (QED) is 0.868. The van der Waals surface area contributed by atoms with Crippen LogP contribution in [0.5, 0.6) is 0 Å². The van der Waals surface area contributed by atoms with Crippen molar-refractivity contribution < 1.29 is 23.1 Å². The SMILES string of the molecule is CN(CC(=O)O)S(=O)(=O)c1cc2c3c(c1)CCC(=O)N3CCC2. The van der Waals surface area contributed by atoms with Crippen LogP contribution in [0.4, 0.5) is 5.69 Å². The number of aliphatic carboxylic acids is 1. The van der Waals surface area contributed by atoms with Gasteiger partial charge in [0.15, 0.2) is 0 Å². The molecule has 23 heavy (non-hydrogen) atoms. The van der Waals surface area contributed by atoms with E-state index in [1.807, 2.05) is 0 Å². The number of likely N-dealkylation sites (N-methyl/N-ethyl adjacent to an activating group) is 1. The molecule has 0 saturated heterocycles. The molecule has 3 rings (SSSR count). The first-order valence-corrected chi connectivity index (χ1v) is 8.89. The maximum atomic E-state index is 12.6. The molecule has 0 radical (unpaired) electrons. The summed E-state index contributed by atoms with van der Waals surface area (Å²) in [5, 5.41) is 8.81. The van der Waals surface area contributed by atoms with Gasteiger partial charge in [-0.3, -0.25) is 9.59 Å². The van der Waals surface area contributed by atoms with Gasteiger partial charge in [0.1, 0.15) is 6.54 Å². The monoisotopic (exact) mass is 338 g/mol. The highest BCUT2D eigenvalue weighted by Crippen LogP contribution is 2.37. The Kier molecular flexibility index (Phi) is 3.89. The molecule has 124 valence electrons. The fourth-order valence-electron chi connectivity index (χ4n) is 3.23. The highest BCUT2D eigenvalue weighted by molar-refractivity contribution is 7.89. The zero-order valence-electron chi connectivity index (χ0n) is 12.8. The first-order chi connectivity index (χ1) is 10.8. The standard InChI is InChI=1S/C15H18N2O5S/c1-16(9-14(19)20)23(21,22)12-7-10-3-2-6-17-13(18)5-4-11(8-12)15(10)17/h7-8H,2-6,9H2,1H3,(H,19,20). The van der Waals surface area contributed by atoms with E-state index >= 15 is 0 Å². The number of sulfonamides is 1. The Morgan fingerprint density at radius 3 is 2.57 bits per heavy atom. The number of carboxylic acids is 1. The summed E-state index contributed by atoms with van der Waals surface area (Å²) in [5.41, 5.74) is 2.56. The molecular weight excluding hydrogens is 320 g/mol. The largest absolute Gasteiger partial charge is 0.480 e. The van der Waals surface area contributed by atoms with Crippen molar-refractivity contribution >= 4 is 27.6 Å². The zero-order valence-corrected chi connectivity index (χ0v) is 13.6. The maximum Gasteiger partial charge on any atom is 0.318 e. The summed E-state index contributed by atoms with van der Waals surface area (Å²) in [4.78, 5) is 24.6. The average molecular weight is 338 g/mol. The van der Waals surface area contributed by atoms with Crippen LogP contribution in [0.25, 0.3) is 0 Å². The van der Waals surface area contributed by atoms with E-state index in [2.05, 4.69) is 0 Å². The minimum atomic E-state index is -3.86. The highest BCUT2D eigenvalue weighted by atomic mass is 32.2. The van der Waals surface area contributed by atoms with Crippen LogP contribution >= 0.6 is 0 Å². The van der Waals surface area contributed by atoms with Gasteiger partial charge in [-0.2, -0.15) is 4.31 Å². The van der Waals surface area contributed by atoms with Gasteiger partial charge in [0.25, 0.3) is 0 Å². The number of hydrogen-bond acceptors (Lipinski definition) is 4. The van der Waals surface area contributed by atoms with Gasteiger partial charge in [0.2, 0.25) is 15.9 Å². The predicted molar refractivity (Wildman–Crippen MR) is 82.9 cm³/mol. The molecule has 1 N–H and O–H groups in total. The molecule has 0 fully saturated rings. The van der Waals surface area contributed by atoms with E-state index in [0.29, 0.717) is 19.4 Å². The third-order valence-electron chi connectivity index (χ3n) is 4.31. The van der Waals surface area contributed by atoms with E-state index in [-0.39, 0.29) is 10.8 Å². The summed E-state index contributed by atoms with van der Waals surface area (Å²) in [6, 6.07) is 3.16. The number of carbonyl (C=O) groups is 2. The van der Waals surface area contributed by atoms with Crippen molar-refractivity contribution in [1.82, 2.24) is 4.31 Å². The lowest BCUT2D eigenvalue weighted by atomic mass is 9.92. The Hall–Kier alpha value is -1.93. The number of benzene rings is 1. The van der Waals surface area contributed by atoms with Gasteiger partial charge in [-0.15, -0.1) is 0 Å². The second-order valence-corrected chi connectivity index (χ2v) is 7.94. The molecule has 0 atom stereocenters. The number of carbonyl (C=O) groups excluding carboxylic acids is 1. The summed E-state index contributed by atoms with van der Waals surface area (Å²) in [6.45, 7) is 0.0865. The fraction of sp³-hybridized carbons (Fsp3) is 0.467. The zero-order chi connectivity index (χ0) is 16.8. The summed E-state index contributed by atoms with van der Waals surface area (Å²) in [5.74, 6) is -1.12. The molecule has 0 aliphatic carbocycles. The lowest BCUT2D eigenvalue weighted by Crippen LogP contribution is -2.39. The van der Waals surface area contributed by atoms with Gasteiger partial charge in [0.05, 0.1) is 10.6 Å². The Labute approximate surface area is 134 Å². The smallest absolute Gasteiger partial charge is 0.318 e. The van der Waals surface area contributed by atoms with Crippen LogP contribution in [0.15, 0.2) is 17.0 Å². The van der Waals surface area contributed by atoms with Crippen molar-refractivity contribution in [2.75, 3.05) is 25.0 Å². The Bertz CT molecular complexity index is 770. The predicted octanol–water partition coefficient (Wildman–Crippen LogP) is 0.617. The number of nitrogens with zero attached hydrogens (tertiary/aromatic N) is 2. The van der Waals surface area contributed by atoms with Crippen LogP contribution in [0.3, 0.4) is 0 Å². The first kappa shape index (κ1) is 15.9. The highest BCUT2D eigenvalue weighted by Gasteiger charge is 2.32. The van der Waals surface area contributed by atoms with Crippen molar-refractivity contribution in [3.8, 4) is 0 Å². The minimum Gasteiger partial charge on any atom is -0.480 e. The van der Waals surface area contributed by atoms with E-state index in [0.717, 1.165) is 34.0 Å². The molecule has 8 heteroatoms. The first-order valence-electron chi connectivity index (χ1n) is 7.45. The van der Waals surface area contributed by atoms with E-state index < -0.39 is 22.5 Å². The third kappa shape index (κ3) is 2.72. The average Bonchev–Trinajstić information content (AvgIpc) is 2.50. The fourth-order valence-corrected chi connectivity index (χ4v) is 4.45. The Morgan fingerprint density at radius 2 is 1.91 bits per heavy atom. The molecule has 1 aromatic carbocycles. The van der Waals surface area contributed by atoms with Crippen LogP contribution in [0.2, 0.25) is 0 Å². The maximum absolute atomic E-state index is 12.6. The molecule has 0 spiro atoms. The topological polar surface area (TPSA) is 95.0 Å². The molecule has 2 aliphatic heterocycles. The number of aryl methyl sites for hydroxylation is 2. The Balaban J connectivity index is 2.07. The lowest BCUT2D eigenvalue weighted by Gasteiger charge is -2.35. The van der Waals surface area contributed by atoms with Crippen molar-refractivity contribution in [2.24, 2.45) is 0 Å². The molecule has 0 saturated carbocycles. The number of amides is 1. The van der Waals surface area contributed by atoms with E-state index in [4.69, 9.17) is 5.11 Å². The van der Waals surface area contributed by atoms with Gasteiger partial charge in [-0.1, -0.05) is 0 Å². The minimum absolute atomic E-state index is 0.0806. The van der Waals surface area contributed by atoms with E-state index in [1.54, 1.807) is 17.0 Å². The molecule has 2 heterocycles. The molecule has 0 unspecified atom stereocenters. The van der Waals surface area contributed by atoms with E-state index in [1.165, 1.54) is 7.05 Å². The van der Waals surface area contributed by atoms with Crippen molar-refractivity contribution in [3.63, 3.8) is 0 Å². The summed E-state index contributed by atoms with van der Waals surface area (Å²) in [6.07, 6.45) is 2.41. The van der Waals surface area contributed by atoms with Crippen LogP contribution in [-0.2, 0) is 32.5 Å². The van der Waals surface area contributed by atoms with Crippen molar-refractivity contribution in [3.05, 3.63) is 23.3 Å². The van der Waals surface area contributed by atoms with E-state index in [9.17, 15) is 18.0 Å². The summed E-state index contributed by atoms with van der Waals surface area (Å²) < 4.78 is 26.0. The summed E-state index contributed by atoms with van der Waals surface area (Å²) in [7, 11) is -2.60. The van der Waals surface area contributed by atoms with Gasteiger partial charge in [0, 0.05) is 20.0 Å². The molecule has 0 bridgehead atoms. The molecule has 7 nitrogen and oxygen atoms in total. The molecule has 1 aromatic rings. The van der Waals surface area contributed by atoms with Crippen LogP contribution < -0.4 is 4.90 Å². The second-order valence-electron chi connectivity index (χ2n) is 5.89. The summed E-state index contributed by atoms with van der Waals surface area (Å²) >= 11 is 0. The Morgan fingerprint density at radius 1 is 1.26 bits per heavy atom. The second kappa shape index (κ2) is 5.61. The van der Waals surface area contributed by atoms with Crippen LogP contribution in [0, 0.1) is 0 Å². The van der Waals surface area contributed by atoms with Gasteiger partial charge in [-0.05, 0) is 42.5 Å². The lowest BCUT2D eigenvalue weighted by molar-refractivity contribution is -0.137. The number of hydrogen-bond donors (Lipinski definition) is 1. The molecule has 2 aliphatic rings. The molecular formula is C15H18N2O5S. The van der Waals surface area contributed by atoms with Gasteiger partial charge in [-0.25, -0.2) is 8.42 Å². The van der Waals surface area contributed by atoms with Crippen LogP contribution in [0.1, 0.15) is 24.0 Å². The normalized spacial score (nSPS) is 17.3. The van der Waals surface area contributed by atoms with Gasteiger partial charge < -0.3 is 10.0 Å². The molecule has 1 amide bonds. The third-order valence-corrected chi connectivity index (χ3v) is 6.10. The number of rotatable bonds is 4. The molecule has 0 aromatic heterocycles. The van der Waals surface area contributed by atoms with Crippen molar-refractivity contribution in [2.45, 2.75) is 30.6 Å². The number of anilines is 1.